The number of rotatable bonds is 2. The fourth-order valence-corrected chi connectivity index (χ4v) is 1.70. The molecule has 0 amide bonds. The minimum absolute atomic E-state index is 0.337. The van der Waals surface area contributed by atoms with E-state index in [9.17, 15) is 0 Å². The molecule has 2 rings (SSSR count). The van der Waals surface area contributed by atoms with E-state index in [1.807, 2.05) is 23.6 Å². The van der Waals surface area contributed by atoms with Crippen molar-refractivity contribution in [1.29, 1.82) is 0 Å². The average molecular weight is 204 g/mol. The fourth-order valence-electron chi connectivity index (χ4n) is 1.70. The zero-order valence-corrected chi connectivity index (χ0v) is 9.36. The molecule has 0 aromatic carbocycles. The van der Waals surface area contributed by atoms with Crippen molar-refractivity contribution in [2.45, 2.75) is 33.2 Å². The summed E-state index contributed by atoms with van der Waals surface area (Å²) in [6.07, 6.45) is 1.02. The second kappa shape index (κ2) is 3.53. The Kier molecular flexibility index (Phi) is 2.34. The molecule has 15 heavy (non-hydrogen) atoms. The first-order chi connectivity index (χ1) is 7.13. The van der Waals surface area contributed by atoms with E-state index in [0.29, 0.717) is 12.0 Å². The lowest BCUT2D eigenvalue weighted by Crippen LogP contribution is -2.08. The maximum Gasteiger partial charge on any atom is 0.202 e. The molecule has 2 N–H and O–H groups in total. The molecule has 1 unspecified atom stereocenters. The van der Waals surface area contributed by atoms with Gasteiger partial charge in [-0.3, -0.25) is 4.57 Å². The molecule has 0 spiro atoms. The maximum atomic E-state index is 5.89. The highest BCUT2D eigenvalue weighted by Gasteiger charge is 2.13. The number of nitrogens with zero attached hydrogens (tertiary/aromatic N) is 3. The number of aryl methyl sites for hydroxylation is 1. The molecule has 2 aromatic rings. The van der Waals surface area contributed by atoms with Crippen molar-refractivity contribution in [3.05, 3.63) is 17.8 Å². The fraction of sp³-hybridized carbons (Fsp3) is 0.455. The van der Waals surface area contributed by atoms with Crippen LogP contribution in [0.25, 0.3) is 11.2 Å². The molecule has 0 aliphatic rings. The number of pyridine rings is 1. The molecule has 2 aromatic heterocycles. The maximum absolute atomic E-state index is 5.89. The molecular formula is C11H16N4. The van der Waals surface area contributed by atoms with Crippen LogP contribution in [0.5, 0.6) is 0 Å². The van der Waals surface area contributed by atoms with E-state index in [1.54, 1.807) is 0 Å². The first-order valence-corrected chi connectivity index (χ1v) is 5.24. The van der Waals surface area contributed by atoms with E-state index >= 15 is 0 Å². The van der Waals surface area contributed by atoms with Gasteiger partial charge in [-0.25, -0.2) is 9.97 Å². The lowest BCUT2D eigenvalue weighted by molar-refractivity contribution is 0.548. The topological polar surface area (TPSA) is 56.7 Å². The van der Waals surface area contributed by atoms with Gasteiger partial charge in [0.25, 0.3) is 0 Å². The Morgan fingerprint density at radius 2 is 2.13 bits per heavy atom. The van der Waals surface area contributed by atoms with Crippen molar-refractivity contribution < 1.29 is 0 Å². The van der Waals surface area contributed by atoms with E-state index < -0.39 is 0 Å². The largest absolute Gasteiger partial charge is 0.369 e. The molecule has 0 aliphatic heterocycles. The predicted molar refractivity (Wildman–Crippen MR) is 61.7 cm³/mol. The monoisotopic (exact) mass is 204 g/mol. The van der Waals surface area contributed by atoms with Crippen molar-refractivity contribution >= 4 is 17.1 Å². The summed E-state index contributed by atoms with van der Waals surface area (Å²) < 4.78 is 2.00. The zero-order chi connectivity index (χ0) is 11.0. The summed E-state index contributed by atoms with van der Waals surface area (Å²) in [7, 11) is 0. The van der Waals surface area contributed by atoms with Gasteiger partial charge in [0.15, 0.2) is 5.65 Å². The Morgan fingerprint density at radius 3 is 2.80 bits per heavy atom. The third-order valence-corrected chi connectivity index (χ3v) is 2.74. The normalized spacial score (nSPS) is 13.3. The van der Waals surface area contributed by atoms with Crippen molar-refractivity contribution in [3.8, 4) is 0 Å². The second-order valence-corrected chi connectivity index (χ2v) is 3.89. The first-order valence-electron chi connectivity index (χ1n) is 5.24. The molecule has 1 atom stereocenters. The van der Waals surface area contributed by atoms with Gasteiger partial charge >= 0.3 is 0 Å². The zero-order valence-electron chi connectivity index (χ0n) is 9.36. The van der Waals surface area contributed by atoms with Crippen LogP contribution in [0, 0.1) is 6.92 Å². The molecule has 4 heteroatoms. The van der Waals surface area contributed by atoms with Crippen molar-refractivity contribution in [2.24, 2.45) is 0 Å². The summed E-state index contributed by atoms with van der Waals surface area (Å²) in [5.74, 6) is 0.553. The van der Waals surface area contributed by atoms with Crippen molar-refractivity contribution in [3.63, 3.8) is 0 Å². The van der Waals surface area contributed by atoms with E-state index in [-0.39, 0.29) is 0 Å². The highest BCUT2D eigenvalue weighted by Crippen LogP contribution is 2.22. The number of nitrogens with two attached hydrogens (primary N) is 1. The van der Waals surface area contributed by atoms with Gasteiger partial charge in [-0.1, -0.05) is 6.92 Å². The predicted octanol–water partition coefficient (Wildman–Crippen LogP) is 2.29. The van der Waals surface area contributed by atoms with Crippen LogP contribution in [-0.4, -0.2) is 14.5 Å². The molecule has 0 fully saturated rings. The molecule has 0 aliphatic carbocycles. The smallest absolute Gasteiger partial charge is 0.202 e. The standard InChI is InChI=1S/C11H16N4/c1-4-8(3)15-10-9(14-11(15)12)6-5-7(2)13-10/h5-6,8H,4H2,1-3H3,(H2,12,14). The van der Waals surface area contributed by atoms with Gasteiger partial charge in [-0.15, -0.1) is 0 Å². The van der Waals surface area contributed by atoms with Crippen LogP contribution in [-0.2, 0) is 0 Å². The summed E-state index contributed by atoms with van der Waals surface area (Å²) in [6, 6.07) is 4.26. The number of aromatic nitrogens is 3. The number of hydrogen-bond acceptors (Lipinski definition) is 3. The minimum Gasteiger partial charge on any atom is -0.369 e. The second-order valence-electron chi connectivity index (χ2n) is 3.89. The quantitative estimate of drug-likeness (QED) is 0.816. The Hall–Kier alpha value is -1.58. The van der Waals surface area contributed by atoms with Gasteiger partial charge < -0.3 is 5.73 Å². The summed E-state index contributed by atoms with van der Waals surface area (Å²) >= 11 is 0. The minimum atomic E-state index is 0.337. The molecule has 4 nitrogen and oxygen atoms in total. The van der Waals surface area contributed by atoms with Crippen LogP contribution in [0.15, 0.2) is 12.1 Å². The summed E-state index contributed by atoms with van der Waals surface area (Å²) in [5.41, 5.74) is 8.65. The summed E-state index contributed by atoms with van der Waals surface area (Å²) in [6.45, 7) is 6.23. The van der Waals surface area contributed by atoms with E-state index in [4.69, 9.17) is 5.73 Å². The number of fused-ring (bicyclic) bond motifs is 1. The molecular weight excluding hydrogens is 188 g/mol. The molecule has 80 valence electrons. The van der Waals surface area contributed by atoms with E-state index in [1.165, 1.54) is 0 Å². The third-order valence-electron chi connectivity index (χ3n) is 2.74. The molecule has 2 heterocycles. The van der Waals surface area contributed by atoms with Crippen LogP contribution in [0.4, 0.5) is 5.95 Å². The SMILES string of the molecule is CCC(C)n1c(N)nc2ccc(C)nc21. The Labute approximate surface area is 89.1 Å². The Morgan fingerprint density at radius 1 is 1.40 bits per heavy atom. The highest BCUT2D eigenvalue weighted by atomic mass is 15.2. The van der Waals surface area contributed by atoms with Gasteiger partial charge in [-0.05, 0) is 32.4 Å². The van der Waals surface area contributed by atoms with Crippen LogP contribution in [0.1, 0.15) is 32.0 Å². The summed E-state index contributed by atoms with van der Waals surface area (Å²) in [4.78, 5) is 8.79. The van der Waals surface area contributed by atoms with E-state index in [2.05, 4.69) is 23.8 Å². The lowest BCUT2D eigenvalue weighted by Gasteiger charge is -2.12. The Balaban J connectivity index is 2.70. The van der Waals surface area contributed by atoms with Crippen LogP contribution >= 0.6 is 0 Å². The lowest BCUT2D eigenvalue weighted by atomic mass is 10.2. The molecule has 0 radical (unpaired) electrons. The van der Waals surface area contributed by atoms with Crippen molar-refractivity contribution in [1.82, 2.24) is 14.5 Å². The van der Waals surface area contributed by atoms with Gasteiger partial charge in [0, 0.05) is 11.7 Å². The number of nitrogen functional groups attached to an aromatic ring is 1. The van der Waals surface area contributed by atoms with E-state index in [0.717, 1.165) is 23.3 Å². The third kappa shape index (κ3) is 1.56. The molecule has 0 saturated carbocycles. The van der Waals surface area contributed by atoms with Gasteiger partial charge in [0.05, 0.1) is 0 Å². The van der Waals surface area contributed by atoms with Crippen LogP contribution in [0.2, 0.25) is 0 Å². The highest BCUT2D eigenvalue weighted by molar-refractivity contribution is 5.74. The number of imidazole rings is 1. The van der Waals surface area contributed by atoms with Gasteiger partial charge in [0.1, 0.15) is 5.52 Å². The van der Waals surface area contributed by atoms with Crippen LogP contribution in [0.3, 0.4) is 0 Å². The van der Waals surface area contributed by atoms with Gasteiger partial charge in [0.2, 0.25) is 5.95 Å². The number of hydrogen-bond donors (Lipinski definition) is 1. The Bertz CT molecular complexity index is 487. The molecule has 0 bridgehead atoms. The van der Waals surface area contributed by atoms with Crippen molar-refractivity contribution in [2.75, 3.05) is 5.73 Å². The van der Waals surface area contributed by atoms with Crippen LogP contribution < -0.4 is 5.73 Å². The van der Waals surface area contributed by atoms with Gasteiger partial charge in [-0.2, -0.15) is 0 Å². The first kappa shape index (κ1) is 9.96. The molecule has 0 saturated heterocycles. The number of anilines is 1. The average Bonchev–Trinajstić information content (AvgIpc) is 2.52. The summed E-state index contributed by atoms with van der Waals surface area (Å²) in [5, 5.41) is 0.